The Morgan fingerprint density at radius 2 is 2.13 bits per heavy atom. The summed E-state index contributed by atoms with van der Waals surface area (Å²) in [7, 11) is 1.46. The van der Waals surface area contributed by atoms with Crippen LogP contribution in [0.1, 0.15) is 24.0 Å². The van der Waals surface area contributed by atoms with Crippen LogP contribution in [0, 0.1) is 12.7 Å². The minimum atomic E-state index is -0.469. The van der Waals surface area contributed by atoms with Crippen molar-refractivity contribution in [1.82, 2.24) is 0 Å². The Bertz CT molecular complexity index is 416. The molecule has 1 saturated carbocycles. The fourth-order valence-electron chi connectivity index (χ4n) is 1.69. The third-order valence-corrected chi connectivity index (χ3v) is 3.86. The lowest BCUT2D eigenvalue weighted by Gasteiger charge is -2.16. The molecule has 2 nitrogen and oxygen atoms in total. The summed E-state index contributed by atoms with van der Waals surface area (Å²) in [5.74, 6) is -0.0864. The van der Waals surface area contributed by atoms with Crippen LogP contribution in [0.25, 0.3) is 0 Å². The molecule has 1 aromatic rings. The summed E-state index contributed by atoms with van der Waals surface area (Å²) in [5.41, 5.74) is 7.04. The van der Waals surface area contributed by atoms with Gasteiger partial charge in [-0.3, -0.25) is 0 Å². The van der Waals surface area contributed by atoms with E-state index in [0.717, 1.165) is 18.4 Å². The highest BCUT2D eigenvalue weighted by Gasteiger charge is 2.43. The Morgan fingerprint density at radius 1 is 1.53 bits per heavy atom. The summed E-state index contributed by atoms with van der Waals surface area (Å²) in [6.45, 7) is 1.90. The Labute approximate surface area is 96.7 Å². The number of hydrogen-bond donors (Lipinski definition) is 1. The highest BCUT2D eigenvalue weighted by atomic mass is 79.9. The number of rotatable bonds is 2. The Hall–Kier alpha value is -0.610. The maximum absolute atomic E-state index is 14.0. The van der Waals surface area contributed by atoms with Crippen molar-refractivity contribution in [2.75, 3.05) is 7.11 Å². The molecule has 82 valence electrons. The molecule has 4 heteroatoms. The van der Waals surface area contributed by atoms with Gasteiger partial charge in [0.05, 0.1) is 11.6 Å². The van der Waals surface area contributed by atoms with Crippen molar-refractivity contribution in [1.29, 1.82) is 0 Å². The molecular formula is C11H13BrFNO. The van der Waals surface area contributed by atoms with Gasteiger partial charge < -0.3 is 10.5 Å². The normalized spacial score (nSPS) is 17.7. The van der Waals surface area contributed by atoms with Crippen LogP contribution in [-0.2, 0) is 5.54 Å². The van der Waals surface area contributed by atoms with E-state index in [-0.39, 0.29) is 11.6 Å². The zero-order chi connectivity index (χ0) is 11.2. The van der Waals surface area contributed by atoms with E-state index < -0.39 is 5.54 Å². The second kappa shape index (κ2) is 3.46. The van der Waals surface area contributed by atoms with E-state index in [1.807, 2.05) is 6.92 Å². The van der Waals surface area contributed by atoms with Crippen molar-refractivity contribution in [2.45, 2.75) is 25.3 Å². The van der Waals surface area contributed by atoms with E-state index in [0.29, 0.717) is 10.0 Å². The van der Waals surface area contributed by atoms with Crippen LogP contribution in [-0.4, -0.2) is 7.11 Å². The average molecular weight is 274 g/mol. The largest absolute Gasteiger partial charge is 0.492 e. The molecule has 0 aromatic heterocycles. The zero-order valence-corrected chi connectivity index (χ0v) is 10.3. The first-order valence-corrected chi connectivity index (χ1v) is 5.61. The summed E-state index contributed by atoms with van der Waals surface area (Å²) in [6.07, 6.45) is 1.68. The summed E-state index contributed by atoms with van der Waals surface area (Å²) in [6, 6.07) is 1.80. The molecule has 2 rings (SSSR count). The number of methoxy groups -OCH3 is 1. The number of halogens is 2. The Morgan fingerprint density at radius 3 is 2.60 bits per heavy atom. The van der Waals surface area contributed by atoms with Gasteiger partial charge in [-0.15, -0.1) is 0 Å². The van der Waals surface area contributed by atoms with E-state index in [9.17, 15) is 4.39 Å². The van der Waals surface area contributed by atoms with Crippen LogP contribution >= 0.6 is 15.9 Å². The van der Waals surface area contributed by atoms with Gasteiger partial charge in [-0.1, -0.05) is 0 Å². The van der Waals surface area contributed by atoms with Crippen LogP contribution in [0.2, 0.25) is 0 Å². The molecule has 0 amide bonds. The Balaban J connectivity index is 2.62. The van der Waals surface area contributed by atoms with Crippen LogP contribution in [0.4, 0.5) is 4.39 Å². The first kappa shape index (κ1) is 10.9. The molecule has 2 N–H and O–H groups in total. The minimum Gasteiger partial charge on any atom is -0.492 e. The molecule has 15 heavy (non-hydrogen) atoms. The molecule has 0 unspecified atom stereocenters. The van der Waals surface area contributed by atoms with Crippen molar-refractivity contribution in [3.05, 3.63) is 27.5 Å². The minimum absolute atomic E-state index is 0.252. The van der Waals surface area contributed by atoms with Gasteiger partial charge in [0.1, 0.15) is 0 Å². The van der Waals surface area contributed by atoms with Gasteiger partial charge in [-0.05, 0) is 47.3 Å². The second-order valence-electron chi connectivity index (χ2n) is 4.06. The monoisotopic (exact) mass is 273 g/mol. The fourth-order valence-corrected chi connectivity index (χ4v) is 2.14. The average Bonchev–Trinajstić information content (AvgIpc) is 2.92. The highest BCUT2D eigenvalue weighted by Crippen LogP contribution is 2.47. The lowest BCUT2D eigenvalue weighted by atomic mass is 10.0. The maximum atomic E-state index is 14.0. The molecule has 0 saturated heterocycles. The predicted molar refractivity (Wildman–Crippen MR) is 60.5 cm³/mol. The quantitative estimate of drug-likeness (QED) is 0.900. The molecule has 0 bridgehead atoms. The topological polar surface area (TPSA) is 35.2 Å². The zero-order valence-electron chi connectivity index (χ0n) is 8.73. The van der Waals surface area contributed by atoms with Gasteiger partial charge in [0.2, 0.25) is 0 Å². The van der Waals surface area contributed by atoms with Gasteiger partial charge >= 0.3 is 0 Å². The molecule has 0 spiro atoms. The number of aryl methyl sites for hydroxylation is 1. The van der Waals surface area contributed by atoms with E-state index in [1.165, 1.54) is 7.11 Å². The van der Waals surface area contributed by atoms with Crippen LogP contribution in [0.3, 0.4) is 0 Å². The van der Waals surface area contributed by atoms with Crippen molar-refractivity contribution >= 4 is 15.9 Å². The van der Waals surface area contributed by atoms with E-state index in [4.69, 9.17) is 10.5 Å². The van der Waals surface area contributed by atoms with Crippen molar-refractivity contribution in [3.63, 3.8) is 0 Å². The number of hydrogen-bond acceptors (Lipinski definition) is 2. The highest BCUT2D eigenvalue weighted by molar-refractivity contribution is 9.10. The molecule has 1 aliphatic carbocycles. The van der Waals surface area contributed by atoms with Crippen LogP contribution in [0.5, 0.6) is 5.75 Å². The summed E-state index contributed by atoms with van der Waals surface area (Å²) < 4.78 is 19.7. The molecule has 0 aliphatic heterocycles. The number of nitrogens with two attached hydrogens (primary N) is 1. The molecule has 1 aromatic carbocycles. The van der Waals surface area contributed by atoms with Gasteiger partial charge in [0.15, 0.2) is 11.6 Å². The van der Waals surface area contributed by atoms with Gasteiger partial charge in [0.25, 0.3) is 0 Å². The SMILES string of the molecule is COc1c(F)c(C2(N)CC2)cc(C)c1Br. The Kier molecular flexibility index (Phi) is 2.51. The number of benzene rings is 1. The summed E-state index contributed by atoms with van der Waals surface area (Å²) in [4.78, 5) is 0. The second-order valence-corrected chi connectivity index (χ2v) is 4.85. The van der Waals surface area contributed by atoms with Crippen molar-refractivity contribution < 1.29 is 9.13 Å². The molecule has 0 heterocycles. The lowest BCUT2D eigenvalue weighted by molar-refractivity contribution is 0.378. The van der Waals surface area contributed by atoms with Gasteiger partial charge in [0, 0.05) is 11.1 Å². The lowest BCUT2D eigenvalue weighted by Crippen LogP contribution is -2.21. The standard InChI is InChI=1S/C11H13BrFNO/c1-6-5-7(11(14)3-4-11)9(13)10(15-2)8(6)12/h5H,3-4,14H2,1-2H3. The van der Waals surface area contributed by atoms with Gasteiger partial charge in [-0.2, -0.15) is 0 Å². The van der Waals surface area contributed by atoms with E-state index in [2.05, 4.69) is 15.9 Å². The smallest absolute Gasteiger partial charge is 0.171 e. The van der Waals surface area contributed by atoms with E-state index in [1.54, 1.807) is 6.07 Å². The first-order valence-electron chi connectivity index (χ1n) is 4.81. The molecule has 1 aliphatic rings. The number of ether oxygens (including phenoxy) is 1. The summed E-state index contributed by atoms with van der Waals surface area (Å²) in [5, 5.41) is 0. The molecule has 0 radical (unpaired) electrons. The van der Waals surface area contributed by atoms with Crippen LogP contribution < -0.4 is 10.5 Å². The first-order chi connectivity index (χ1) is 6.99. The van der Waals surface area contributed by atoms with Crippen molar-refractivity contribution in [2.24, 2.45) is 5.73 Å². The molecular weight excluding hydrogens is 261 g/mol. The van der Waals surface area contributed by atoms with E-state index >= 15 is 0 Å². The predicted octanol–water partition coefficient (Wildman–Crippen LogP) is 2.85. The molecule has 0 atom stereocenters. The summed E-state index contributed by atoms with van der Waals surface area (Å²) >= 11 is 3.31. The molecule has 1 fully saturated rings. The van der Waals surface area contributed by atoms with Crippen molar-refractivity contribution in [3.8, 4) is 5.75 Å². The van der Waals surface area contributed by atoms with Gasteiger partial charge in [-0.25, -0.2) is 4.39 Å². The fraction of sp³-hybridized carbons (Fsp3) is 0.455. The third kappa shape index (κ3) is 1.66. The third-order valence-electron chi connectivity index (χ3n) is 2.87. The van der Waals surface area contributed by atoms with Crippen LogP contribution in [0.15, 0.2) is 10.5 Å². The maximum Gasteiger partial charge on any atom is 0.171 e.